The van der Waals surface area contributed by atoms with Crippen LogP contribution in [-0.2, 0) is 6.54 Å². The van der Waals surface area contributed by atoms with Crippen LogP contribution in [0.5, 0.6) is 0 Å². The Balaban J connectivity index is 2.12. The van der Waals surface area contributed by atoms with Gasteiger partial charge in [-0.1, -0.05) is 0 Å². The molecule has 0 aromatic carbocycles. The van der Waals surface area contributed by atoms with Gasteiger partial charge in [0.2, 0.25) is 0 Å². The predicted molar refractivity (Wildman–Crippen MR) is 39.2 cm³/mol. The molecule has 2 aliphatic rings. The van der Waals surface area contributed by atoms with Gasteiger partial charge in [0.1, 0.15) is 12.2 Å². The Labute approximate surface area is 64.6 Å². The Morgan fingerprint density at radius 2 is 2.64 bits per heavy atom. The number of nitrogens with zero attached hydrogens (tertiary/aromatic N) is 3. The van der Waals surface area contributed by atoms with E-state index in [1.807, 2.05) is 6.33 Å². The molecule has 2 atom stereocenters. The standard InChI is InChI=1S/C7H10N4/c1-5-2-8-6(1)3-11-4-9-10-7(5)11/h4-6,8H,1-3H2/t5-,6-/m1/s1. The molecule has 1 fully saturated rings. The normalized spacial score (nSPS) is 33.8. The molecular formula is C7H10N4. The lowest BCUT2D eigenvalue weighted by atomic mass is 10.0. The number of hydrogen-bond acceptors (Lipinski definition) is 3. The van der Waals surface area contributed by atoms with Gasteiger partial charge in [0.25, 0.3) is 0 Å². The number of aromatic nitrogens is 3. The summed E-state index contributed by atoms with van der Waals surface area (Å²) < 4.78 is 2.17. The molecule has 0 radical (unpaired) electrons. The zero-order valence-electron chi connectivity index (χ0n) is 6.20. The predicted octanol–water partition coefficient (Wildman–Crippen LogP) is -0.263. The molecule has 1 saturated heterocycles. The van der Waals surface area contributed by atoms with Crippen LogP contribution in [0.4, 0.5) is 0 Å². The van der Waals surface area contributed by atoms with Crippen molar-refractivity contribution in [3.05, 3.63) is 12.2 Å². The zero-order valence-corrected chi connectivity index (χ0v) is 6.20. The third-order valence-electron chi connectivity index (χ3n) is 2.65. The number of fused-ring (bicyclic) bond motifs is 4. The first kappa shape index (κ1) is 5.71. The van der Waals surface area contributed by atoms with E-state index < -0.39 is 0 Å². The van der Waals surface area contributed by atoms with Gasteiger partial charge in [-0.2, -0.15) is 0 Å². The van der Waals surface area contributed by atoms with E-state index in [9.17, 15) is 0 Å². The van der Waals surface area contributed by atoms with Gasteiger partial charge in [0.05, 0.1) is 0 Å². The minimum atomic E-state index is 0.622. The summed E-state index contributed by atoms with van der Waals surface area (Å²) >= 11 is 0. The monoisotopic (exact) mass is 150 g/mol. The molecule has 0 amide bonds. The maximum Gasteiger partial charge on any atom is 0.137 e. The van der Waals surface area contributed by atoms with E-state index in [0.717, 1.165) is 13.1 Å². The first-order valence-corrected chi connectivity index (χ1v) is 4.04. The molecule has 0 unspecified atom stereocenters. The van der Waals surface area contributed by atoms with Crippen molar-refractivity contribution >= 4 is 0 Å². The maximum atomic E-state index is 4.11. The van der Waals surface area contributed by atoms with E-state index in [4.69, 9.17) is 0 Å². The molecular weight excluding hydrogens is 140 g/mol. The van der Waals surface area contributed by atoms with Crippen LogP contribution in [0.3, 0.4) is 0 Å². The number of rotatable bonds is 0. The van der Waals surface area contributed by atoms with Crippen molar-refractivity contribution in [2.45, 2.75) is 24.9 Å². The van der Waals surface area contributed by atoms with Crippen molar-refractivity contribution in [1.29, 1.82) is 0 Å². The second-order valence-electron chi connectivity index (χ2n) is 3.38. The minimum Gasteiger partial charge on any atom is -0.316 e. The summed E-state index contributed by atoms with van der Waals surface area (Å²) in [5, 5.41) is 11.5. The highest BCUT2D eigenvalue weighted by Crippen LogP contribution is 2.29. The number of hydrogen-bond donors (Lipinski definition) is 1. The van der Waals surface area contributed by atoms with Crippen molar-refractivity contribution in [2.24, 2.45) is 0 Å². The molecule has 58 valence electrons. The summed E-state index contributed by atoms with van der Waals surface area (Å²) in [5.74, 6) is 1.79. The molecule has 11 heavy (non-hydrogen) atoms. The molecule has 4 heteroatoms. The molecule has 3 rings (SSSR count). The fraction of sp³-hybridized carbons (Fsp3) is 0.714. The fourth-order valence-electron chi connectivity index (χ4n) is 2.11. The first-order chi connectivity index (χ1) is 5.43. The molecule has 1 N–H and O–H groups in total. The zero-order chi connectivity index (χ0) is 7.26. The van der Waals surface area contributed by atoms with Crippen LogP contribution in [0.1, 0.15) is 18.2 Å². The summed E-state index contributed by atoms with van der Waals surface area (Å²) in [6.07, 6.45) is 3.08. The highest BCUT2D eigenvalue weighted by molar-refractivity contribution is 5.07. The molecule has 0 aliphatic carbocycles. The average molecular weight is 150 g/mol. The van der Waals surface area contributed by atoms with Crippen LogP contribution in [0, 0.1) is 0 Å². The third kappa shape index (κ3) is 0.673. The summed E-state index contributed by atoms with van der Waals surface area (Å²) in [6, 6.07) is 0.670. The lowest BCUT2D eigenvalue weighted by Gasteiger charge is -2.18. The van der Waals surface area contributed by atoms with Crippen LogP contribution in [-0.4, -0.2) is 27.4 Å². The summed E-state index contributed by atoms with van der Waals surface area (Å²) in [4.78, 5) is 0. The van der Waals surface area contributed by atoms with E-state index >= 15 is 0 Å². The van der Waals surface area contributed by atoms with Crippen LogP contribution in [0.25, 0.3) is 0 Å². The second kappa shape index (κ2) is 1.82. The molecule has 1 aromatic heterocycles. The number of nitrogens with one attached hydrogen (secondary N) is 1. The topological polar surface area (TPSA) is 42.7 Å². The van der Waals surface area contributed by atoms with E-state index in [1.165, 1.54) is 12.2 Å². The van der Waals surface area contributed by atoms with E-state index in [0.29, 0.717) is 12.0 Å². The van der Waals surface area contributed by atoms with Gasteiger partial charge in [-0.3, -0.25) is 0 Å². The summed E-state index contributed by atoms with van der Waals surface area (Å²) in [6.45, 7) is 2.14. The molecule has 1 aromatic rings. The summed E-state index contributed by atoms with van der Waals surface area (Å²) in [5.41, 5.74) is 0. The van der Waals surface area contributed by atoms with Crippen LogP contribution in [0.15, 0.2) is 6.33 Å². The smallest absolute Gasteiger partial charge is 0.137 e. The maximum absolute atomic E-state index is 4.11. The molecule has 2 bridgehead atoms. The molecule has 0 spiro atoms. The highest BCUT2D eigenvalue weighted by Gasteiger charge is 2.33. The van der Waals surface area contributed by atoms with Crippen molar-refractivity contribution < 1.29 is 0 Å². The van der Waals surface area contributed by atoms with E-state index in [1.54, 1.807) is 0 Å². The van der Waals surface area contributed by atoms with Gasteiger partial charge >= 0.3 is 0 Å². The van der Waals surface area contributed by atoms with Gasteiger partial charge in [-0.05, 0) is 6.42 Å². The summed E-state index contributed by atoms with van der Waals surface area (Å²) in [7, 11) is 0. The minimum absolute atomic E-state index is 0.622. The van der Waals surface area contributed by atoms with E-state index in [2.05, 4.69) is 20.1 Å². The largest absolute Gasteiger partial charge is 0.316 e. The molecule has 0 saturated carbocycles. The van der Waals surface area contributed by atoms with Gasteiger partial charge in [0.15, 0.2) is 0 Å². The fourth-order valence-corrected chi connectivity index (χ4v) is 2.11. The Hall–Kier alpha value is -0.900. The molecule has 3 heterocycles. The lowest BCUT2D eigenvalue weighted by Crippen LogP contribution is -2.27. The van der Waals surface area contributed by atoms with Gasteiger partial charge < -0.3 is 9.88 Å². The van der Waals surface area contributed by atoms with E-state index in [-0.39, 0.29) is 0 Å². The van der Waals surface area contributed by atoms with Crippen molar-refractivity contribution in [3.63, 3.8) is 0 Å². The Morgan fingerprint density at radius 3 is 3.64 bits per heavy atom. The van der Waals surface area contributed by atoms with Crippen LogP contribution >= 0.6 is 0 Å². The molecule has 4 nitrogen and oxygen atoms in total. The van der Waals surface area contributed by atoms with Crippen LogP contribution in [0.2, 0.25) is 0 Å². The van der Waals surface area contributed by atoms with Gasteiger partial charge in [0, 0.05) is 25.0 Å². The SMILES string of the molecule is c1nnc2n1C[C@H]1C[C@@H]2CN1. The van der Waals surface area contributed by atoms with Gasteiger partial charge in [-0.25, -0.2) is 0 Å². The lowest BCUT2D eigenvalue weighted by molar-refractivity contribution is 0.455. The average Bonchev–Trinajstić information content (AvgIpc) is 2.58. The van der Waals surface area contributed by atoms with Crippen LogP contribution < -0.4 is 5.32 Å². The van der Waals surface area contributed by atoms with Crippen molar-refractivity contribution in [3.8, 4) is 0 Å². The Kier molecular flexibility index (Phi) is 0.946. The highest BCUT2D eigenvalue weighted by atomic mass is 15.3. The Bertz CT molecular complexity index is 280. The quantitative estimate of drug-likeness (QED) is 0.554. The van der Waals surface area contributed by atoms with Crippen molar-refractivity contribution in [1.82, 2.24) is 20.1 Å². The second-order valence-corrected chi connectivity index (χ2v) is 3.38. The Morgan fingerprint density at radius 1 is 1.64 bits per heavy atom. The third-order valence-corrected chi connectivity index (χ3v) is 2.65. The van der Waals surface area contributed by atoms with Crippen molar-refractivity contribution in [2.75, 3.05) is 6.54 Å². The van der Waals surface area contributed by atoms with Gasteiger partial charge in [-0.15, -0.1) is 10.2 Å². The first-order valence-electron chi connectivity index (χ1n) is 4.04. The molecule has 2 aliphatic heterocycles.